The number of carbonyl (C=O) groups is 1. The number of amides is 1. The van der Waals surface area contributed by atoms with E-state index in [2.05, 4.69) is 15.7 Å². The third-order valence-electron chi connectivity index (χ3n) is 7.20. The predicted octanol–water partition coefficient (Wildman–Crippen LogP) is 4.19. The Bertz CT molecular complexity index is 1910. The Hall–Kier alpha value is -4.32. The van der Waals surface area contributed by atoms with Crippen LogP contribution in [-0.4, -0.2) is 47.8 Å². The molecule has 2 aromatic heterocycles. The second kappa shape index (κ2) is 9.65. The number of hydrogen-bond donors (Lipinski definition) is 3. The summed E-state index contributed by atoms with van der Waals surface area (Å²) < 4.78 is 31.5. The van der Waals surface area contributed by atoms with Crippen molar-refractivity contribution in [1.82, 2.24) is 25.2 Å². The number of carbonyl (C=O) groups excluding carboxylic acids is 1. The number of alkyl carbamates (subject to hydrolysis) is 1. The summed E-state index contributed by atoms with van der Waals surface area (Å²) in [6.45, 7) is 6.75. The standard InChI is InChI=1S/C30H30N6O4S/c1-29(2,3)40-28(37)35-30(17-32-18-30)21-10-8-19(9-11-21)20-14-33-27-25(15-34-36(27)16-20)23-12-13-26(41(31,38)39)24-7-5-4-6-22(23)24/h4-16,32H,17-18H2,1-3H3,(H,35,37)(H2,31,38,39). The summed E-state index contributed by atoms with van der Waals surface area (Å²) in [5, 5.41) is 17.6. The molecule has 0 atom stereocenters. The quantitative estimate of drug-likeness (QED) is 0.288. The number of aromatic nitrogens is 3. The summed E-state index contributed by atoms with van der Waals surface area (Å²) in [6, 6.07) is 18.5. The van der Waals surface area contributed by atoms with Crippen LogP contribution in [0, 0.1) is 0 Å². The summed E-state index contributed by atoms with van der Waals surface area (Å²) in [7, 11) is -3.88. The van der Waals surface area contributed by atoms with Crippen LogP contribution in [0.15, 0.2) is 84.1 Å². The normalized spacial score (nSPS) is 15.0. The molecule has 210 valence electrons. The average molecular weight is 571 g/mol. The molecular formula is C30H30N6O4S. The third kappa shape index (κ3) is 5.03. The molecule has 1 amide bonds. The van der Waals surface area contributed by atoms with Crippen LogP contribution in [0.5, 0.6) is 0 Å². The van der Waals surface area contributed by atoms with Crippen LogP contribution in [0.2, 0.25) is 0 Å². The van der Waals surface area contributed by atoms with Crippen molar-refractivity contribution in [2.24, 2.45) is 5.14 Å². The molecular weight excluding hydrogens is 540 g/mol. The molecule has 0 radical (unpaired) electrons. The number of hydrogen-bond acceptors (Lipinski definition) is 7. The van der Waals surface area contributed by atoms with Crippen molar-refractivity contribution in [2.45, 2.75) is 36.8 Å². The SMILES string of the molecule is CC(C)(C)OC(=O)NC1(c2ccc(-c3cnc4c(-c5ccc(S(N)(=O)=O)c6ccccc56)cnn4c3)cc2)CNC1. The zero-order valence-electron chi connectivity index (χ0n) is 22.9. The van der Waals surface area contributed by atoms with E-state index in [1.165, 1.54) is 6.07 Å². The van der Waals surface area contributed by atoms with Crippen molar-refractivity contribution in [1.29, 1.82) is 0 Å². The summed E-state index contributed by atoms with van der Waals surface area (Å²) in [6.07, 6.45) is 4.97. The van der Waals surface area contributed by atoms with Gasteiger partial charge < -0.3 is 15.4 Å². The molecule has 3 aromatic carbocycles. The van der Waals surface area contributed by atoms with Crippen LogP contribution < -0.4 is 15.8 Å². The maximum Gasteiger partial charge on any atom is 0.408 e. The fourth-order valence-corrected chi connectivity index (χ4v) is 5.93. The molecule has 6 rings (SSSR count). The Morgan fingerprint density at radius 1 is 0.976 bits per heavy atom. The molecule has 0 aliphatic carbocycles. The van der Waals surface area contributed by atoms with Gasteiger partial charge in [0, 0.05) is 42.0 Å². The Labute approximate surface area is 237 Å². The number of fused-ring (bicyclic) bond motifs is 2. The summed E-state index contributed by atoms with van der Waals surface area (Å²) in [5.41, 5.74) is 3.92. The van der Waals surface area contributed by atoms with Crippen molar-refractivity contribution >= 4 is 32.5 Å². The minimum atomic E-state index is -3.88. The number of rotatable bonds is 5. The van der Waals surface area contributed by atoms with Gasteiger partial charge in [0.25, 0.3) is 0 Å². The van der Waals surface area contributed by atoms with E-state index in [0.29, 0.717) is 24.1 Å². The Morgan fingerprint density at radius 2 is 1.68 bits per heavy atom. The van der Waals surface area contributed by atoms with E-state index in [0.717, 1.165) is 33.2 Å². The first kappa shape index (κ1) is 26.9. The smallest absolute Gasteiger partial charge is 0.408 e. The number of primary sulfonamides is 1. The van der Waals surface area contributed by atoms with Crippen molar-refractivity contribution in [2.75, 3.05) is 13.1 Å². The summed E-state index contributed by atoms with van der Waals surface area (Å²) >= 11 is 0. The van der Waals surface area contributed by atoms with Gasteiger partial charge in [0.05, 0.1) is 16.6 Å². The van der Waals surface area contributed by atoms with Gasteiger partial charge in [-0.15, -0.1) is 0 Å². The Kier molecular flexibility index (Phi) is 6.33. The molecule has 0 unspecified atom stereocenters. The largest absolute Gasteiger partial charge is 0.444 e. The van der Waals surface area contributed by atoms with Crippen molar-refractivity contribution in [3.8, 4) is 22.3 Å². The first-order valence-electron chi connectivity index (χ1n) is 13.1. The van der Waals surface area contributed by atoms with Gasteiger partial charge in [-0.3, -0.25) is 0 Å². The molecule has 11 heteroatoms. The molecule has 4 N–H and O–H groups in total. The highest BCUT2D eigenvalue weighted by Gasteiger charge is 2.41. The molecule has 10 nitrogen and oxygen atoms in total. The van der Waals surface area contributed by atoms with Crippen LogP contribution in [-0.2, 0) is 20.3 Å². The van der Waals surface area contributed by atoms with Gasteiger partial charge in [-0.1, -0.05) is 54.6 Å². The third-order valence-corrected chi connectivity index (χ3v) is 8.17. The van der Waals surface area contributed by atoms with E-state index in [1.54, 1.807) is 35.1 Å². The zero-order chi connectivity index (χ0) is 29.0. The molecule has 41 heavy (non-hydrogen) atoms. The second-order valence-corrected chi connectivity index (χ2v) is 12.8. The van der Waals surface area contributed by atoms with Gasteiger partial charge in [-0.2, -0.15) is 5.10 Å². The summed E-state index contributed by atoms with van der Waals surface area (Å²) in [4.78, 5) is 17.3. The first-order chi connectivity index (χ1) is 19.4. The van der Waals surface area contributed by atoms with Gasteiger partial charge in [-0.05, 0) is 48.9 Å². The molecule has 1 fully saturated rings. The van der Waals surface area contributed by atoms with Crippen LogP contribution in [0.4, 0.5) is 4.79 Å². The Balaban J connectivity index is 1.30. The lowest BCUT2D eigenvalue weighted by atomic mass is 9.83. The fraction of sp³-hybridized carbons (Fsp3) is 0.233. The number of ether oxygens (including phenoxy) is 1. The summed E-state index contributed by atoms with van der Waals surface area (Å²) in [5.74, 6) is 0. The Morgan fingerprint density at radius 3 is 2.32 bits per heavy atom. The average Bonchev–Trinajstić information content (AvgIpc) is 3.32. The van der Waals surface area contributed by atoms with E-state index >= 15 is 0 Å². The molecule has 0 spiro atoms. The molecule has 1 saturated heterocycles. The van der Waals surface area contributed by atoms with Gasteiger partial charge in [0.2, 0.25) is 10.0 Å². The topological polar surface area (TPSA) is 141 Å². The van der Waals surface area contributed by atoms with Crippen LogP contribution >= 0.6 is 0 Å². The van der Waals surface area contributed by atoms with Crippen LogP contribution in [0.1, 0.15) is 26.3 Å². The van der Waals surface area contributed by atoms with Crippen molar-refractivity contribution < 1.29 is 17.9 Å². The van der Waals surface area contributed by atoms with Crippen LogP contribution in [0.3, 0.4) is 0 Å². The predicted molar refractivity (Wildman–Crippen MR) is 157 cm³/mol. The molecule has 1 aliphatic heterocycles. The van der Waals surface area contributed by atoms with Crippen molar-refractivity contribution in [3.05, 3.63) is 84.8 Å². The minimum Gasteiger partial charge on any atom is -0.444 e. The van der Waals surface area contributed by atoms with Crippen molar-refractivity contribution in [3.63, 3.8) is 0 Å². The van der Waals surface area contributed by atoms with E-state index in [1.807, 2.05) is 63.4 Å². The number of nitrogens with one attached hydrogen (secondary N) is 2. The number of nitrogens with two attached hydrogens (primary N) is 1. The number of benzene rings is 3. The molecule has 5 aromatic rings. The first-order valence-corrected chi connectivity index (χ1v) is 14.7. The van der Waals surface area contributed by atoms with E-state index in [-0.39, 0.29) is 4.90 Å². The van der Waals surface area contributed by atoms with E-state index in [4.69, 9.17) is 14.9 Å². The number of sulfonamides is 1. The fourth-order valence-electron chi connectivity index (χ4n) is 5.19. The van der Waals surface area contributed by atoms with Gasteiger partial charge >= 0.3 is 6.09 Å². The van der Waals surface area contributed by atoms with Gasteiger partial charge in [0.15, 0.2) is 5.65 Å². The van der Waals surface area contributed by atoms with Gasteiger partial charge in [0.1, 0.15) is 5.60 Å². The molecule has 0 bridgehead atoms. The molecule has 3 heterocycles. The highest BCUT2D eigenvalue weighted by molar-refractivity contribution is 7.89. The van der Waals surface area contributed by atoms with E-state index < -0.39 is 27.3 Å². The zero-order valence-corrected chi connectivity index (χ0v) is 23.7. The highest BCUT2D eigenvalue weighted by Crippen LogP contribution is 2.35. The lowest BCUT2D eigenvalue weighted by molar-refractivity contribution is 0.0406. The van der Waals surface area contributed by atoms with Crippen LogP contribution in [0.25, 0.3) is 38.7 Å². The lowest BCUT2D eigenvalue weighted by Crippen LogP contribution is -2.66. The maximum absolute atomic E-state index is 12.5. The molecule has 0 saturated carbocycles. The monoisotopic (exact) mass is 570 g/mol. The van der Waals surface area contributed by atoms with E-state index in [9.17, 15) is 13.2 Å². The van der Waals surface area contributed by atoms with Gasteiger partial charge in [-0.25, -0.2) is 27.9 Å². The minimum absolute atomic E-state index is 0.0766. The molecule has 1 aliphatic rings. The number of nitrogens with zero attached hydrogens (tertiary/aromatic N) is 3. The maximum atomic E-state index is 12.5. The lowest BCUT2D eigenvalue weighted by Gasteiger charge is -2.43. The highest BCUT2D eigenvalue weighted by atomic mass is 32.2. The second-order valence-electron chi connectivity index (χ2n) is 11.3.